The molecule has 0 amide bonds. The van der Waals surface area contributed by atoms with Gasteiger partial charge in [0.1, 0.15) is 30.5 Å². The molecule has 49 heavy (non-hydrogen) atoms. The third-order valence-electron chi connectivity index (χ3n) is 11.1. The average Bonchev–Trinajstić information content (AvgIpc) is 3.38. The van der Waals surface area contributed by atoms with Crippen molar-refractivity contribution in [2.45, 2.75) is 75.3 Å². The van der Waals surface area contributed by atoms with Crippen molar-refractivity contribution in [3.8, 4) is 11.5 Å². The molecule has 0 radical (unpaired) electrons. The van der Waals surface area contributed by atoms with Crippen LogP contribution in [0.25, 0.3) is 0 Å². The van der Waals surface area contributed by atoms with Crippen molar-refractivity contribution in [3.63, 3.8) is 0 Å². The van der Waals surface area contributed by atoms with Gasteiger partial charge in [-0.15, -0.1) is 0 Å². The first-order valence-electron chi connectivity index (χ1n) is 17.0. The molecule has 10 nitrogen and oxygen atoms in total. The Morgan fingerprint density at radius 2 is 1.88 bits per heavy atom. The molecule has 0 aromatic heterocycles. The molecule has 1 saturated carbocycles. The number of ether oxygens (including phenoxy) is 6. The lowest BCUT2D eigenvalue weighted by molar-refractivity contribution is -0.421. The molecule has 3 bridgehead atoms. The second-order valence-corrected chi connectivity index (χ2v) is 14.3. The number of rotatable bonds is 11. The number of hydrogen-bond acceptors (Lipinski definition) is 10. The summed E-state index contributed by atoms with van der Waals surface area (Å²) in [4.78, 5) is 27.1. The molecule has 7 rings (SSSR count). The highest BCUT2D eigenvalue weighted by atomic mass is 16.9. The Bertz CT molecular complexity index is 1740. The Kier molecular flexibility index (Phi) is 8.39. The van der Waals surface area contributed by atoms with E-state index in [2.05, 4.69) is 13.5 Å². The van der Waals surface area contributed by atoms with E-state index < -0.39 is 46.7 Å². The number of methoxy groups -OCH3 is 1. The lowest BCUT2D eigenvalue weighted by Crippen LogP contribution is -2.70. The summed E-state index contributed by atoms with van der Waals surface area (Å²) in [5, 5.41) is 12.5. The minimum Gasteiger partial charge on any atom is -0.493 e. The normalized spacial score (nSPS) is 35.5. The largest absolute Gasteiger partial charge is 0.493 e. The summed E-state index contributed by atoms with van der Waals surface area (Å²) in [5.41, 5.74) is 5.42. The van der Waals surface area contributed by atoms with Crippen LogP contribution in [0.5, 0.6) is 11.5 Å². The van der Waals surface area contributed by atoms with Gasteiger partial charge in [0.05, 0.1) is 25.6 Å². The van der Waals surface area contributed by atoms with Crippen LogP contribution in [0.2, 0.25) is 0 Å². The lowest BCUT2D eigenvalue weighted by Gasteiger charge is -2.59. The molecule has 2 aromatic rings. The summed E-state index contributed by atoms with van der Waals surface area (Å²) in [6.45, 7) is 10.7. The Labute approximate surface area is 286 Å². The molecule has 2 aromatic carbocycles. The van der Waals surface area contributed by atoms with Crippen molar-refractivity contribution in [1.82, 2.24) is 0 Å². The summed E-state index contributed by atoms with van der Waals surface area (Å²) in [7, 11) is 1.53. The van der Waals surface area contributed by atoms with E-state index in [9.17, 15) is 14.7 Å². The molecular formula is C39H45NO9. The molecule has 2 aliphatic heterocycles. The number of aliphatic hydroxyl groups is 1. The molecule has 0 unspecified atom stereocenters. The van der Waals surface area contributed by atoms with Crippen molar-refractivity contribution < 1.29 is 43.1 Å². The van der Waals surface area contributed by atoms with Crippen LogP contribution < -0.4 is 15.2 Å². The lowest BCUT2D eigenvalue weighted by atomic mass is 9.55. The molecule has 2 saturated heterocycles. The molecule has 3 fully saturated rings. The minimum absolute atomic E-state index is 0.00765. The van der Waals surface area contributed by atoms with Crippen LogP contribution in [-0.4, -0.2) is 72.6 Å². The number of fused-ring (bicyclic) bond motifs is 2. The monoisotopic (exact) mass is 671 g/mol. The van der Waals surface area contributed by atoms with Gasteiger partial charge in [0.25, 0.3) is 5.97 Å². The summed E-state index contributed by atoms with van der Waals surface area (Å²) in [5.74, 6) is -2.53. The maximum atomic E-state index is 13.9. The van der Waals surface area contributed by atoms with Crippen molar-refractivity contribution in [1.29, 1.82) is 0 Å². The van der Waals surface area contributed by atoms with E-state index in [1.54, 1.807) is 25.1 Å². The van der Waals surface area contributed by atoms with E-state index in [-0.39, 0.29) is 31.1 Å². The average molecular weight is 672 g/mol. The highest BCUT2D eigenvalue weighted by Gasteiger charge is 2.79. The highest BCUT2D eigenvalue weighted by Crippen LogP contribution is 2.68. The van der Waals surface area contributed by atoms with Gasteiger partial charge in [0, 0.05) is 24.8 Å². The van der Waals surface area contributed by atoms with Crippen LogP contribution in [0.3, 0.4) is 0 Å². The highest BCUT2D eigenvalue weighted by molar-refractivity contribution is 6.04. The van der Waals surface area contributed by atoms with E-state index in [0.717, 1.165) is 11.1 Å². The molecule has 260 valence electrons. The minimum atomic E-state index is -1.80. The number of Topliss-reactive ketones (excluding diaryl/α,β-unsaturated/α-hetero) is 1. The van der Waals surface area contributed by atoms with Gasteiger partial charge in [-0.3, -0.25) is 9.59 Å². The molecule has 8 atom stereocenters. The van der Waals surface area contributed by atoms with Crippen molar-refractivity contribution >= 4 is 11.8 Å². The van der Waals surface area contributed by atoms with Crippen LogP contribution in [0.1, 0.15) is 44.7 Å². The number of hydrogen-bond donors (Lipinski definition) is 2. The van der Waals surface area contributed by atoms with Crippen LogP contribution in [-0.2, 0) is 41.4 Å². The third kappa shape index (κ3) is 5.27. The second-order valence-electron chi connectivity index (χ2n) is 14.3. The molecule has 5 aliphatic rings. The number of benzene rings is 2. The van der Waals surface area contributed by atoms with Gasteiger partial charge in [0.15, 0.2) is 17.3 Å². The quantitative estimate of drug-likeness (QED) is 0.262. The number of esters is 1. The third-order valence-corrected chi connectivity index (χ3v) is 11.1. The molecule has 3 aliphatic carbocycles. The summed E-state index contributed by atoms with van der Waals surface area (Å²) >= 11 is 0. The van der Waals surface area contributed by atoms with Crippen LogP contribution in [0.15, 0.2) is 84.0 Å². The van der Waals surface area contributed by atoms with Gasteiger partial charge in [-0.2, -0.15) is 0 Å². The van der Waals surface area contributed by atoms with Crippen molar-refractivity contribution in [2.24, 2.45) is 23.5 Å². The Hall–Kier alpha value is -3.80. The van der Waals surface area contributed by atoms with Crippen LogP contribution in [0, 0.1) is 17.8 Å². The van der Waals surface area contributed by atoms with Crippen LogP contribution in [0.4, 0.5) is 0 Å². The number of ketones is 1. The number of nitrogens with two attached hydrogens (primary N) is 1. The fourth-order valence-electron chi connectivity index (χ4n) is 8.99. The molecular weight excluding hydrogens is 626 g/mol. The Balaban J connectivity index is 1.22. The van der Waals surface area contributed by atoms with E-state index >= 15 is 0 Å². The summed E-state index contributed by atoms with van der Waals surface area (Å²) in [6, 6.07) is 15.1. The number of carbonyl (C=O) groups is 2. The van der Waals surface area contributed by atoms with E-state index in [4.69, 9.17) is 34.2 Å². The fraction of sp³-hybridized carbons (Fsp3) is 0.487. The topological polar surface area (TPSA) is 136 Å². The molecule has 2 heterocycles. The van der Waals surface area contributed by atoms with Crippen LogP contribution >= 0.6 is 0 Å². The Morgan fingerprint density at radius 3 is 2.59 bits per heavy atom. The first-order valence-corrected chi connectivity index (χ1v) is 17.0. The van der Waals surface area contributed by atoms with Gasteiger partial charge in [-0.05, 0) is 66.2 Å². The van der Waals surface area contributed by atoms with Gasteiger partial charge < -0.3 is 39.3 Å². The van der Waals surface area contributed by atoms with Gasteiger partial charge in [-0.25, -0.2) is 0 Å². The van der Waals surface area contributed by atoms with Gasteiger partial charge in [0.2, 0.25) is 0 Å². The van der Waals surface area contributed by atoms with Crippen molar-refractivity contribution in [2.75, 3.05) is 26.9 Å². The van der Waals surface area contributed by atoms with E-state index in [1.807, 2.05) is 49.4 Å². The van der Waals surface area contributed by atoms with Gasteiger partial charge >= 0.3 is 5.97 Å². The smallest absolute Gasteiger partial charge is 0.310 e. The van der Waals surface area contributed by atoms with Gasteiger partial charge in [-0.1, -0.05) is 62.1 Å². The predicted molar refractivity (Wildman–Crippen MR) is 180 cm³/mol. The molecule has 10 heteroatoms. The van der Waals surface area contributed by atoms with E-state index in [1.165, 1.54) is 7.11 Å². The maximum absolute atomic E-state index is 13.9. The first kappa shape index (κ1) is 33.7. The standard InChI is InChI=1S/C39H45NO9/c1-23(2)37-19-25(4)39-29(35(37)47-38(48-37,49-39)21-26-9-7-6-8-10-26)16-28(20-36(43)32(39)15-24(3)34(36)42)22-46-33(41)18-27-11-12-30(45-14-13-40)31(17-27)44-5/h6-12,15-17,25,29,32,35,43H,1,13-14,18-22,40H2,2-5H3/t25-,29+,32-,35-,36-,37-,38-,39-/m1/s1. The molecule has 0 spiro atoms. The number of carbonyl (C=O) groups excluding carboxylic acids is 2. The fourth-order valence-corrected chi connectivity index (χ4v) is 8.99. The summed E-state index contributed by atoms with van der Waals surface area (Å²) < 4.78 is 37.8. The zero-order valence-electron chi connectivity index (χ0n) is 28.5. The Morgan fingerprint density at radius 1 is 1.10 bits per heavy atom. The predicted octanol–water partition coefficient (Wildman–Crippen LogP) is 4.38. The van der Waals surface area contributed by atoms with E-state index in [0.29, 0.717) is 54.2 Å². The zero-order chi connectivity index (χ0) is 34.8. The first-order chi connectivity index (χ1) is 23.4. The maximum Gasteiger partial charge on any atom is 0.310 e. The second kappa shape index (κ2) is 12.2. The SMILES string of the molecule is C=C(C)[C@]12C[C@@H](C)[C@@]34O[C@](Cc5ccccc5)(O[C@@H]1[C@@H]3C=C(COC(=O)Cc1ccc(OCCN)c(OC)c1)C[C@]1(O)C(=O)C(C)=C[C@@H]41)O2. The zero-order valence-corrected chi connectivity index (χ0v) is 28.5. The summed E-state index contributed by atoms with van der Waals surface area (Å²) in [6.07, 6.45) is 4.22. The van der Waals surface area contributed by atoms with Crippen molar-refractivity contribution in [3.05, 3.63) is 95.1 Å². The molecule has 3 N–H and O–H groups in total.